The molecule has 0 heterocycles. The van der Waals surface area contributed by atoms with Crippen molar-refractivity contribution in [1.82, 2.24) is 0 Å². The summed E-state index contributed by atoms with van der Waals surface area (Å²) in [7, 11) is 0. The van der Waals surface area contributed by atoms with E-state index < -0.39 is 0 Å². The molecule has 0 saturated heterocycles. The summed E-state index contributed by atoms with van der Waals surface area (Å²) in [4.78, 5) is 0. The second-order valence-corrected chi connectivity index (χ2v) is 12.4. The summed E-state index contributed by atoms with van der Waals surface area (Å²) < 4.78 is 0. The van der Waals surface area contributed by atoms with Crippen molar-refractivity contribution in [2.45, 2.75) is 117 Å². The van der Waals surface area contributed by atoms with Crippen LogP contribution < -0.4 is 0 Å². The first-order chi connectivity index (χ1) is 13.4. The maximum Gasteiger partial charge on any atom is 0.0543 e. The molecule has 4 fully saturated rings. The fraction of sp³-hybridized carbons (Fsp3) is 1.00. The lowest BCUT2D eigenvalue weighted by Crippen LogP contribution is -2.49. The van der Waals surface area contributed by atoms with Gasteiger partial charge in [-0.1, -0.05) is 47.0 Å². The van der Waals surface area contributed by atoms with E-state index in [0.717, 1.165) is 60.2 Å². The van der Waals surface area contributed by atoms with Gasteiger partial charge in [-0.3, -0.25) is 0 Å². The van der Waals surface area contributed by atoms with Gasteiger partial charge in [0.2, 0.25) is 0 Å². The van der Waals surface area contributed by atoms with Crippen LogP contribution in [0.3, 0.4) is 0 Å². The van der Waals surface area contributed by atoms with Crippen molar-refractivity contribution in [1.29, 1.82) is 0 Å². The Morgan fingerprint density at radius 2 is 1.64 bits per heavy atom. The minimum absolute atomic E-state index is 0.00398. The van der Waals surface area contributed by atoms with Crippen LogP contribution in [0.15, 0.2) is 0 Å². The van der Waals surface area contributed by atoms with E-state index in [2.05, 4.69) is 27.7 Å². The Labute approximate surface area is 175 Å². The molecule has 0 aromatic carbocycles. The quantitative estimate of drug-likeness (QED) is 0.518. The molecule has 0 amide bonds. The van der Waals surface area contributed by atoms with Gasteiger partial charge in [-0.15, -0.1) is 0 Å². The topological polar surface area (TPSA) is 20.2 Å². The zero-order valence-electron chi connectivity index (χ0n) is 19.3. The van der Waals surface area contributed by atoms with Crippen LogP contribution in [0.2, 0.25) is 0 Å². The summed E-state index contributed by atoms with van der Waals surface area (Å²) in [6.07, 6.45) is 18.3. The van der Waals surface area contributed by atoms with Gasteiger partial charge in [0.1, 0.15) is 0 Å². The number of rotatable bonds is 5. The molecule has 4 rings (SSSR count). The summed E-state index contributed by atoms with van der Waals surface area (Å²) >= 11 is 0. The van der Waals surface area contributed by atoms with E-state index in [0.29, 0.717) is 5.41 Å². The highest BCUT2D eigenvalue weighted by atomic mass is 16.3. The third-order valence-electron chi connectivity index (χ3n) is 10.4. The summed E-state index contributed by atoms with van der Waals surface area (Å²) in [6.45, 7) is 9.98. The van der Waals surface area contributed by atoms with Crippen LogP contribution in [0, 0.1) is 52.8 Å². The zero-order chi connectivity index (χ0) is 19.9. The molecule has 0 radical (unpaired) electrons. The first kappa shape index (κ1) is 21.2. The maximum absolute atomic E-state index is 10.3. The third-order valence-corrected chi connectivity index (χ3v) is 10.4. The first-order valence-corrected chi connectivity index (χ1v) is 13.1. The summed E-state index contributed by atoms with van der Waals surface area (Å²) in [5.74, 6) is 7.66. The first-order valence-electron chi connectivity index (χ1n) is 13.1. The maximum atomic E-state index is 10.3. The number of hydrogen-bond acceptors (Lipinski definition) is 1. The van der Waals surface area contributed by atoms with Crippen molar-refractivity contribution in [2.24, 2.45) is 52.8 Å². The molecule has 0 aromatic rings. The van der Waals surface area contributed by atoms with Crippen molar-refractivity contribution in [3.05, 3.63) is 0 Å². The molecule has 162 valence electrons. The number of aliphatic hydroxyl groups excluding tert-OH is 1. The standard InChI is InChI=1S/C27H48O/c1-18(2)6-5-7-19(3)24-11-8-21-16-20(24)9-13-26-25(21)12-10-22-17-23(28)14-15-27(22,26)4/h18-26,28H,5-17H2,1-4H3/t19-,20-,21?,22?,23?,24-,25+,26+,27+/m1/s1. The smallest absolute Gasteiger partial charge is 0.0543 e. The monoisotopic (exact) mass is 388 g/mol. The van der Waals surface area contributed by atoms with Crippen LogP contribution in [0.25, 0.3) is 0 Å². The molecule has 0 aliphatic heterocycles. The predicted octanol–water partition coefficient (Wildman–Crippen LogP) is 7.47. The van der Waals surface area contributed by atoms with Gasteiger partial charge in [0.15, 0.2) is 0 Å². The van der Waals surface area contributed by atoms with Crippen LogP contribution in [0.4, 0.5) is 0 Å². The minimum Gasteiger partial charge on any atom is -0.393 e. The second kappa shape index (κ2) is 8.60. The normalized spacial score (nSPS) is 47.1. The molecular weight excluding hydrogens is 340 g/mol. The number of fused-ring (bicyclic) bond motifs is 6. The van der Waals surface area contributed by atoms with Gasteiger partial charge in [0, 0.05) is 0 Å². The lowest BCUT2D eigenvalue weighted by atomic mass is 9.50. The van der Waals surface area contributed by atoms with Crippen LogP contribution in [-0.4, -0.2) is 11.2 Å². The van der Waals surface area contributed by atoms with Gasteiger partial charge < -0.3 is 5.11 Å². The zero-order valence-corrected chi connectivity index (χ0v) is 19.3. The van der Waals surface area contributed by atoms with Crippen molar-refractivity contribution >= 4 is 0 Å². The fourth-order valence-electron chi connectivity index (χ4n) is 8.77. The Balaban J connectivity index is 1.43. The summed E-state index contributed by atoms with van der Waals surface area (Å²) in [5, 5.41) is 10.3. The SMILES string of the molecule is CC(C)CCC[C@@H](C)[C@H]1CCC2C[C@H]1CC[C@H]1[C@H]2CCC2CC(O)CC[C@@]21C. The summed E-state index contributed by atoms with van der Waals surface area (Å²) in [5.41, 5.74) is 0.540. The molecule has 1 nitrogen and oxygen atoms in total. The Hall–Kier alpha value is -0.0400. The third kappa shape index (κ3) is 4.08. The van der Waals surface area contributed by atoms with Gasteiger partial charge in [-0.2, -0.15) is 0 Å². The fourth-order valence-corrected chi connectivity index (χ4v) is 8.77. The highest BCUT2D eigenvalue weighted by Crippen LogP contribution is 2.62. The van der Waals surface area contributed by atoms with Crippen LogP contribution >= 0.6 is 0 Å². The molecule has 28 heavy (non-hydrogen) atoms. The van der Waals surface area contributed by atoms with Gasteiger partial charge in [0.05, 0.1) is 6.10 Å². The summed E-state index contributed by atoms with van der Waals surface area (Å²) in [6, 6.07) is 0. The van der Waals surface area contributed by atoms with E-state index in [1.807, 2.05) is 0 Å². The van der Waals surface area contributed by atoms with E-state index in [-0.39, 0.29) is 6.10 Å². The minimum atomic E-state index is -0.00398. The van der Waals surface area contributed by atoms with E-state index in [4.69, 9.17) is 0 Å². The Kier molecular flexibility index (Phi) is 6.51. The molecule has 1 N–H and O–H groups in total. The molecule has 4 aliphatic carbocycles. The molecule has 1 heteroatoms. The number of aliphatic hydroxyl groups is 1. The van der Waals surface area contributed by atoms with Gasteiger partial charge in [-0.25, -0.2) is 0 Å². The lowest BCUT2D eigenvalue weighted by molar-refractivity contribution is -0.0848. The average molecular weight is 389 g/mol. The highest BCUT2D eigenvalue weighted by molar-refractivity contribution is 5.03. The van der Waals surface area contributed by atoms with Crippen molar-refractivity contribution in [2.75, 3.05) is 0 Å². The molecule has 9 atom stereocenters. The van der Waals surface area contributed by atoms with Gasteiger partial charge in [-0.05, 0) is 117 Å². The van der Waals surface area contributed by atoms with E-state index in [1.165, 1.54) is 64.2 Å². The molecule has 0 spiro atoms. The highest BCUT2D eigenvalue weighted by Gasteiger charge is 2.54. The second-order valence-electron chi connectivity index (χ2n) is 12.4. The van der Waals surface area contributed by atoms with Gasteiger partial charge in [0.25, 0.3) is 0 Å². The number of hydrogen-bond donors (Lipinski definition) is 1. The lowest BCUT2D eigenvalue weighted by Gasteiger charge is -2.56. The van der Waals surface area contributed by atoms with Crippen LogP contribution in [0.1, 0.15) is 111 Å². The molecular formula is C27H48O. The Bertz CT molecular complexity index is 512. The molecule has 4 saturated carbocycles. The van der Waals surface area contributed by atoms with Crippen molar-refractivity contribution < 1.29 is 5.11 Å². The molecule has 2 bridgehead atoms. The van der Waals surface area contributed by atoms with Crippen molar-refractivity contribution in [3.63, 3.8) is 0 Å². The van der Waals surface area contributed by atoms with Gasteiger partial charge >= 0.3 is 0 Å². The Morgan fingerprint density at radius 3 is 2.43 bits per heavy atom. The molecule has 4 aliphatic rings. The van der Waals surface area contributed by atoms with Crippen LogP contribution in [0.5, 0.6) is 0 Å². The van der Waals surface area contributed by atoms with E-state index in [9.17, 15) is 5.11 Å². The van der Waals surface area contributed by atoms with E-state index in [1.54, 1.807) is 6.42 Å². The average Bonchev–Trinajstić information content (AvgIpc) is 2.79. The molecule has 0 aromatic heterocycles. The largest absolute Gasteiger partial charge is 0.393 e. The molecule has 3 unspecified atom stereocenters. The van der Waals surface area contributed by atoms with E-state index >= 15 is 0 Å². The Morgan fingerprint density at radius 1 is 0.857 bits per heavy atom. The van der Waals surface area contributed by atoms with Crippen LogP contribution in [-0.2, 0) is 0 Å². The predicted molar refractivity (Wildman–Crippen MR) is 119 cm³/mol. The van der Waals surface area contributed by atoms with Crippen molar-refractivity contribution in [3.8, 4) is 0 Å².